The van der Waals surface area contributed by atoms with E-state index in [0.717, 1.165) is 6.08 Å². The number of sulfonamides is 1. The van der Waals surface area contributed by atoms with Gasteiger partial charge in [-0.15, -0.1) is 0 Å². The zero-order valence-electron chi connectivity index (χ0n) is 12.5. The molecular formula is C16H13Cl2NO4S. The number of carbonyl (C=O) groups is 1. The Hall–Kier alpha value is -2.02. The highest BCUT2D eigenvalue weighted by Gasteiger charge is 2.16. The third kappa shape index (κ3) is 4.50. The Labute approximate surface area is 149 Å². The SMILES string of the molecule is COC(=O)C=Cc1cc(Cl)c(Cl)cc1NS(=O)(=O)c1ccccc1. The molecule has 0 saturated carbocycles. The van der Waals surface area contributed by atoms with Gasteiger partial charge in [0.15, 0.2) is 0 Å². The number of ether oxygens (including phenoxy) is 1. The molecule has 0 fully saturated rings. The number of nitrogens with one attached hydrogen (secondary N) is 1. The summed E-state index contributed by atoms with van der Waals surface area (Å²) in [6.07, 6.45) is 2.54. The van der Waals surface area contributed by atoms with Crippen molar-refractivity contribution in [1.82, 2.24) is 0 Å². The second-order valence-corrected chi connectivity index (χ2v) is 7.13. The van der Waals surface area contributed by atoms with E-state index in [2.05, 4.69) is 9.46 Å². The number of esters is 1. The summed E-state index contributed by atoms with van der Waals surface area (Å²) >= 11 is 11.9. The topological polar surface area (TPSA) is 72.5 Å². The number of halogens is 2. The molecule has 126 valence electrons. The monoisotopic (exact) mass is 385 g/mol. The summed E-state index contributed by atoms with van der Waals surface area (Å²) in [5, 5.41) is 0.404. The average molecular weight is 386 g/mol. The lowest BCUT2D eigenvalue weighted by molar-refractivity contribution is -0.134. The van der Waals surface area contributed by atoms with Crippen molar-refractivity contribution >= 4 is 51.0 Å². The minimum absolute atomic E-state index is 0.0963. The fourth-order valence-electron chi connectivity index (χ4n) is 1.82. The van der Waals surface area contributed by atoms with E-state index < -0.39 is 16.0 Å². The van der Waals surface area contributed by atoms with Crippen LogP contribution in [0.15, 0.2) is 53.4 Å². The molecule has 2 aromatic rings. The molecule has 0 amide bonds. The minimum atomic E-state index is -3.81. The quantitative estimate of drug-likeness (QED) is 0.623. The van der Waals surface area contributed by atoms with Gasteiger partial charge in [0.05, 0.1) is 27.7 Å². The summed E-state index contributed by atoms with van der Waals surface area (Å²) in [6, 6.07) is 10.7. The van der Waals surface area contributed by atoms with Crippen molar-refractivity contribution in [3.63, 3.8) is 0 Å². The van der Waals surface area contributed by atoms with Gasteiger partial charge in [0.1, 0.15) is 0 Å². The number of rotatable bonds is 5. The van der Waals surface area contributed by atoms with Crippen LogP contribution in [0.5, 0.6) is 0 Å². The summed E-state index contributed by atoms with van der Waals surface area (Å²) in [7, 11) is -2.57. The molecule has 0 bridgehead atoms. The third-order valence-corrected chi connectivity index (χ3v) is 5.09. The summed E-state index contributed by atoms with van der Waals surface area (Å²) in [5.41, 5.74) is 0.558. The van der Waals surface area contributed by atoms with Crippen molar-refractivity contribution in [2.75, 3.05) is 11.8 Å². The van der Waals surface area contributed by atoms with Crippen LogP contribution in [0.2, 0.25) is 10.0 Å². The number of benzene rings is 2. The zero-order valence-corrected chi connectivity index (χ0v) is 14.8. The summed E-state index contributed by atoms with van der Waals surface area (Å²) in [5.74, 6) is -0.585. The zero-order chi connectivity index (χ0) is 17.7. The smallest absolute Gasteiger partial charge is 0.330 e. The van der Waals surface area contributed by atoms with Gasteiger partial charge in [0.2, 0.25) is 0 Å². The molecule has 0 spiro atoms. The van der Waals surface area contributed by atoms with Gasteiger partial charge in [-0.2, -0.15) is 0 Å². The van der Waals surface area contributed by atoms with E-state index in [1.165, 1.54) is 37.5 Å². The Morgan fingerprint density at radius 2 is 1.75 bits per heavy atom. The first-order valence-corrected chi connectivity index (χ1v) is 8.90. The third-order valence-electron chi connectivity index (χ3n) is 2.99. The lowest BCUT2D eigenvalue weighted by Crippen LogP contribution is -2.13. The van der Waals surface area contributed by atoms with E-state index in [9.17, 15) is 13.2 Å². The number of hydrogen-bond acceptors (Lipinski definition) is 4. The van der Waals surface area contributed by atoms with Crippen LogP contribution in [0.25, 0.3) is 6.08 Å². The second kappa shape index (κ2) is 7.70. The van der Waals surface area contributed by atoms with Gasteiger partial charge in [0, 0.05) is 11.6 Å². The van der Waals surface area contributed by atoms with Gasteiger partial charge in [-0.25, -0.2) is 13.2 Å². The maximum absolute atomic E-state index is 12.4. The molecule has 2 aromatic carbocycles. The Kier molecular flexibility index (Phi) is 5.88. The molecule has 0 radical (unpaired) electrons. The molecule has 5 nitrogen and oxygen atoms in total. The average Bonchev–Trinajstić information content (AvgIpc) is 2.57. The Morgan fingerprint density at radius 1 is 1.12 bits per heavy atom. The van der Waals surface area contributed by atoms with Gasteiger partial charge in [0.25, 0.3) is 10.0 Å². The van der Waals surface area contributed by atoms with Crippen molar-refractivity contribution in [1.29, 1.82) is 0 Å². The lowest BCUT2D eigenvalue weighted by atomic mass is 10.1. The first-order chi connectivity index (χ1) is 11.3. The van der Waals surface area contributed by atoms with Crippen LogP contribution < -0.4 is 4.72 Å². The maximum atomic E-state index is 12.4. The molecule has 0 aliphatic carbocycles. The van der Waals surface area contributed by atoms with Crippen LogP contribution in [-0.2, 0) is 19.6 Å². The molecule has 0 aliphatic heterocycles. The van der Waals surface area contributed by atoms with Crippen molar-refractivity contribution in [3.05, 3.63) is 64.1 Å². The molecule has 0 atom stereocenters. The normalized spacial score (nSPS) is 11.5. The number of methoxy groups -OCH3 is 1. The largest absolute Gasteiger partial charge is 0.466 e. The fourth-order valence-corrected chi connectivity index (χ4v) is 3.25. The Bertz CT molecular complexity index is 880. The van der Waals surface area contributed by atoms with Gasteiger partial charge in [-0.3, -0.25) is 4.72 Å². The predicted octanol–water partition coefficient (Wildman–Crippen LogP) is 3.98. The summed E-state index contributed by atoms with van der Waals surface area (Å²) in [4.78, 5) is 11.3. The molecule has 0 saturated heterocycles. The Morgan fingerprint density at radius 3 is 2.38 bits per heavy atom. The highest BCUT2D eigenvalue weighted by atomic mass is 35.5. The molecule has 0 unspecified atom stereocenters. The fraction of sp³-hybridized carbons (Fsp3) is 0.0625. The highest BCUT2D eigenvalue weighted by molar-refractivity contribution is 7.92. The lowest BCUT2D eigenvalue weighted by Gasteiger charge is -2.12. The van der Waals surface area contributed by atoms with E-state index in [0.29, 0.717) is 5.56 Å². The molecule has 1 N–H and O–H groups in total. The molecular weight excluding hydrogens is 373 g/mol. The first-order valence-electron chi connectivity index (χ1n) is 6.66. The molecule has 8 heteroatoms. The van der Waals surface area contributed by atoms with Crippen molar-refractivity contribution in [2.45, 2.75) is 4.90 Å². The van der Waals surface area contributed by atoms with Crippen LogP contribution in [0.1, 0.15) is 5.56 Å². The second-order valence-electron chi connectivity index (χ2n) is 4.63. The molecule has 0 aliphatic rings. The van der Waals surface area contributed by atoms with Gasteiger partial charge in [-0.05, 0) is 30.3 Å². The number of anilines is 1. The van der Waals surface area contributed by atoms with Crippen LogP contribution in [0.3, 0.4) is 0 Å². The minimum Gasteiger partial charge on any atom is -0.466 e. The molecule has 24 heavy (non-hydrogen) atoms. The highest BCUT2D eigenvalue weighted by Crippen LogP contribution is 2.31. The Balaban J connectivity index is 2.44. The first kappa shape index (κ1) is 18.3. The van der Waals surface area contributed by atoms with E-state index >= 15 is 0 Å². The summed E-state index contributed by atoms with van der Waals surface area (Å²) in [6.45, 7) is 0. The summed E-state index contributed by atoms with van der Waals surface area (Å²) < 4.78 is 31.8. The molecule has 0 heterocycles. The van der Waals surface area contributed by atoms with Crippen LogP contribution in [0.4, 0.5) is 5.69 Å². The number of hydrogen-bond donors (Lipinski definition) is 1. The van der Waals surface area contributed by atoms with E-state index in [4.69, 9.17) is 23.2 Å². The van der Waals surface area contributed by atoms with E-state index in [1.54, 1.807) is 18.2 Å². The van der Waals surface area contributed by atoms with Crippen LogP contribution in [0, 0.1) is 0 Å². The van der Waals surface area contributed by atoms with Gasteiger partial charge >= 0.3 is 5.97 Å². The van der Waals surface area contributed by atoms with Crippen molar-refractivity contribution in [2.24, 2.45) is 0 Å². The van der Waals surface area contributed by atoms with E-state index in [-0.39, 0.29) is 20.6 Å². The van der Waals surface area contributed by atoms with Crippen LogP contribution >= 0.6 is 23.2 Å². The standard InChI is InChI=1S/C16H13Cl2NO4S/c1-23-16(20)8-7-11-9-13(17)14(18)10-15(11)19-24(21,22)12-5-3-2-4-6-12/h2-10,19H,1H3. The maximum Gasteiger partial charge on any atom is 0.330 e. The van der Waals surface area contributed by atoms with E-state index in [1.807, 2.05) is 0 Å². The molecule has 2 rings (SSSR count). The van der Waals surface area contributed by atoms with Crippen LogP contribution in [-0.4, -0.2) is 21.5 Å². The molecule has 0 aromatic heterocycles. The van der Waals surface area contributed by atoms with Crippen molar-refractivity contribution < 1.29 is 17.9 Å². The predicted molar refractivity (Wildman–Crippen MR) is 94.8 cm³/mol. The van der Waals surface area contributed by atoms with Gasteiger partial charge in [-0.1, -0.05) is 41.4 Å². The van der Waals surface area contributed by atoms with Gasteiger partial charge < -0.3 is 4.74 Å². The van der Waals surface area contributed by atoms with Crippen molar-refractivity contribution in [3.8, 4) is 0 Å². The number of carbonyl (C=O) groups excluding carboxylic acids is 1.